The van der Waals surface area contributed by atoms with Gasteiger partial charge in [-0.3, -0.25) is 9.59 Å². The summed E-state index contributed by atoms with van der Waals surface area (Å²) in [5.41, 5.74) is 0. The first-order valence-corrected chi connectivity index (χ1v) is 12.0. The van der Waals surface area contributed by atoms with Gasteiger partial charge < -0.3 is 10.2 Å². The Labute approximate surface area is 183 Å². The van der Waals surface area contributed by atoms with E-state index in [1.165, 1.54) is 16.2 Å². The molecule has 0 saturated carbocycles. The van der Waals surface area contributed by atoms with Crippen molar-refractivity contribution in [2.45, 2.75) is 24.8 Å². The van der Waals surface area contributed by atoms with E-state index in [2.05, 4.69) is 5.32 Å². The summed E-state index contributed by atoms with van der Waals surface area (Å²) in [5, 5.41) is 4.51. The summed E-state index contributed by atoms with van der Waals surface area (Å²) >= 11 is 1.26. The summed E-state index contributed by atoms with van der Waals surface area (Å²) in [6.07, 6.45) is 0. The second kappa shape index (κ2) is 9.41. The molecule has 1 fully saturated rings. The maximum absolute atomic E-state index is 14.0. The van der Waals surface area contributed by atoms with Gasteiger partial charge >= 0.3 is 0 Å². The highest BCUT2D eigenvalue weighted by Gasteiger charge is 2.36. The summed E-state index contributed by atoms with van der Waals surface area (Å²) in [6.45, 7) is 3.49. The van der Waals surface area contributed by atoms with Crippen LogP contribution in [0.3, 0.4) is 0 Å². The van der Waals surface area contributed by atoms with Crippen molar-refractivity contribution in [1.82, 2.24) is 14.5 Å². The number of piperazine rings is 1. The minimum absolute atomic E-state index is 0.0478. The fourth-order valence-corrected chi connectivity index (χ4v) is 5.50. The van der Waals surface area contributed by atoms with Crippen LogP contribution in [0.4, 0.5) is 8.78 Å². The van der Waals surface area contributed by atoms with Crippen molar-refractivity contribution in [2.75, 3.05) is 26.2 Å². The average molecular weight is 472 g/mol. The first kappa shape index (κ1) is 23.3. The number of rotatable bonds is 6. The monoisotopic (exact) mass is 471 g/mol. The number of halogens is 2. The molecule has 1 aliphatic rings. The molecule has 0 spiro atoms. The Hall–Kier alpha value is -2.37. The summed E-state index contributed by atoms with van der Waals surface area (Å²) in [4.78, 5) is 26.3. The van der Waals surface area contributed by atoms with Crippen LogP contribution in [0.1, 0.15) is 23.5 Å². The predicted octanol–water partition coefficient (Wildman–Crippen LogP) is 2.31. The van der Waals surface area contributed by atoms with Gasteiger partial charge in [-0.25, -0.2) is 17.2 Å². The summed E-state index contributed by atoms with van der Waals surface area (Å²) in [7, 11) is -4.38. The fraction of sp³-hybridized carbons (Fsp3) is 0.400. The summed E-state index contributed by atoms with van der Waals surface area (Å²) in [5.74, 6) is -3.18. The third-order valence-electron chi connectivity index (χ3n) is 5.03. The Kier molecular flexibility index (Phi) is 7.07. The van der Waals surface area contributed by atoms with Crippen molar-refractivity contribution in [3.05, 3.63) is 52.2 Å². The topological polar surface area (TPSA) is 86.8 Å². The number of nitrogens with zero attached hydrogens (tertiary/aromatic N) is 2. The number of hydrogen-bond donors (Lipinski definition) is 1. The maximum Gasteiger partial charge on any atom is 0.262 e. The SMILES string of the molecule is CC(C)C(NC(=O)c1cccs1)C(=O)N1CCN(S(=O)(=O)c2c(F)cccc2F)CC1. The van der Waals surface area contributed by atoms with Gasteiger partial charge in [-0.05, 0) is 29.5 Å². The lowest BCUT2D eigenvalue weighted by Gasteiger charge is -2.36. The number of carbonyl (C=O) groups is 2. The van der Waals surface area contributed by atoms with E-state index in [1.54, 1.807) is 31.4 Å². The zero-order chi connectivity index (χ0) is 22.8. The molecule has 1 unspecified atom stereocenters. The molecule has 3 rings (SSSR count). The van der Waals surface area contributed by atoms with Gasteiger partial charge in [0.1, 0.15) is 17.7 Å². The molecule has 1 aromatic carbocycles. The van der Waals surface area contributed by atoms with Crippen LogP contribution in [0.5, 0.6) is 0 Å². The number of thiophene rings is 1. The minimum atomic E-state index is -4.38. The molecule has 2 heterocycles. The molecule has 31 heavy (non-hydrogen) atoms. The lowest BCUT2D eigenvalue weighted by Crippen LogP contribution is -2.57. The van der Waals surface area contributed by atoms with E-state index in [4.69, 9.17) is 0 Å². The van der Waals surface area contributed by atoms with E-state index in [0.29, 0.717) is 4.88 Å². The van der Waals surface area contributed by atoms with Gasteiger partial charge in [0.2, 0.25) is 15.9 Å². The minimum Gasteiger partial charge on any atom is -0.339 e. The second-order valence-electron chi connectivity index (χ2n) is 7.45. The maximum atomic E-state index is 14.0. The van der Waals surface area contributed by atoms with Gasteiger partial charge in [0.05, 0.1) is 4.88 Å². The van der Waals surface area contributed by atoms with E-state index in [-0.39, 0.29) is 43.9 Å². The molecule has 168 valence electrons. The van der Waals surface area contributed by atoms with E-state index in [1.807, 2.05) is 0 Å². The molecule has 1 N–H and O–H groups in total. The molecule has 0 aliphatic carbocycles. The lowest BCUT2D eigenvalue weighted by molar-refractivity contribution is -0.135. The van der Waals surface area contributed by atoms with Crippen molar-refractivity contribution in [1.29, 1.82) is 0 Å². The third-order valence-corrected chi connectivity index (χ3v) is 7.85. The first-order chi connectivity index (χ1) is 14.6. The Morgan fingerprint density at radius 1 is 1.03 bits per heavy atom. The standard InChI is InChI=1S/C20H23F2N3O4S2/c1-13(2)17(23-19(26)16-7-4-12-30-16)20(27)24-8-10-25(11-9-24)31(28,29)18-14(21)5-3-6-15(18)22/h3-7,12-13,17H,8-11H2,1-2H3,(H,23,26). The van der Waals surface area contributed by atoms with E-state index < -0.39 is 32.6 Å². The zero-order valence-corrected chi connectivity index (χ0v) is 18.7. The fourth-order valence-electron chi connectivity index (χ4n) is 3.34. The Morgan fingerprint density at radius 3 is 2.16 bits per heavy atom. The molecule has 11 heteroatoms. The van der Waals surface area contributed by atoms with Crippen LogP contribution in [0, 0.1) is 17.6 Å². The van der Waals surface area contributed by atoms with Crippen molar-refractivity contribution in [3.63, 3.8) is 0 Å². The molecule has 1 saturated heterocycles. The molecular formula is C20H23F2N3O4S2. The molecule has 2 amide bonds. The highest BCUT2D eigenvalue weighted by Crippen LogP contribution is 2.24. The third kappa shape index (κ3) is 4.94. The van der Waals surface area contributed by atoms with Crippen LogP contribution < -0.4 is 5.32 Å². The van der Waals surface area contributed by atoms with Gasteiger partial charge in [0.25, 0.3) is 5.91 Å². The average Bonchev–Trinajstić information content (AvgIpc) is 3.26. The van der Waals surface area contributed by atoms with Crippen LogP contribution in [-0.2, 0) is 14.8 Å². The molecule has 2 aromatic rings. The summed E-state index contributed by atoms with van der Waals surface area (Å²) in [6, 6.07) is 5.49. The van der Waals surface area contributed by atoms with Gasteiger partial charge in [-0.2, -0.15) is 4.31 Å². The molecule has 7 nitrogen and oxygen atoms in total. The predicted molar refractivity (Wildman–Crippen MR) is 112 cm³/mol. The van der Waals surface area contributed by atoms with E-state index >= 15 is 0 Å². The Morgan fingerprint density at radius 2 is 1.65 bits per heavy atom. The number of benzene rings is 1. The first-order valence-electron chi connectivity index (χ1n) is 9.70. The quantitative estimate of drug-likeness (QED) is 0.701. The number of carbonyl (C=O) groups excluding carboxylic acids is 2. The number of sulfonamides is 1. The van der Waals surface area contributed by atoms with Crippen LogP contribution in [0.15, 0.2) is 40.6 Å². The van der Waals surface area contributed by atoms with Crippen LogP contribution in [0.25, 0.3) is 0 Å². The second-order valence-corrected chi connectivity index (χ2v) is 10.3. The van der Waals surface area contributed by atoms with Crippen molar-refractivity contribution < 1.29 is 26.8 Å². The normalized spacial score (nSPS) is 16.4. The molecule has 1 aliphatic heterocycles. The van der Waals surface area contributed by atoms with Crippen molar-refractivity contribution >= 4 is 33.2 Å². The van der Waals surface area contributed by atoms with Crippen LogP contribution in [0.2, 0.25) is 0 Å². The molecule has 1 aromatic heterocycles. The van der Waals surface area contributed by atoms with E-state index in [9.17, 15) is 26.8 Å². The van der Waals surface area contributed by atoms with Gasteiger partial charge in [0.15, 0.2) is 4.90 Å². The van der Waals surface area contributed by atoms with Gasteiger partial charge in [0, 0.05) is 26.2 Å². The number of amides is 2. The van der Waals surface area contributed by atoms with Crippen molar-refractivity contribution in [3.8, 4) is 0 Å². The Bertz CT molecular complexity index is 1030. The van der Waals surface area contributed by atoms with Gasteiger partial charge in [-0.1, -0.05) is 26.0 Å². The lowest BCUT2D eigenvalue weighted by atomic mass is 10.0. The largest absolute Gasteiger partial charge is 0.339 e. The molecular weight excluding hydrogens is 448 g/mol. The van der Waals surface area contributed by atoms with Crippen molar-refractivity contribution in [2.24, 2.45) is 5.92 Å². The van der Waals surface area contributed by atoms with Crippen LogP contribution >= 0.6 is 11.3 Å². The Balaban J connectivity index is 1.69. The smallest absolute Gasteiger partial charge is 0.262 e. The zero-order valence-electron chi connectivity index (χ0n) is 17.0. The highest BCUT2D eigenvalue weighted by molar-refractivity contribution is 7.89. The van der Waals surface area contributed by atoms with Gasteiger partial charge in [-0.15, -0.1) is 11.3 Å². The number of nitrogens with one attached hydrogen (secondary N) is 1. The summed E-state index contributed by atoms with van der Waals surface area (Å²) < 4.78 is 54.4. The molecule has 0 radical (unpaired) electrons. The highest BCUT2D eigenvalue weighted by atomic mass is 32.2. The molecule has 0 bridgehead atoms. The molecule has 1 atom stereocenters. The van der Waals surface area contributed by atoms with Crippen LogP contribution in [-0.4, -0.2) is 61.7 Å². The van der Waals surface area contributed by atoms with E-state index in [0.717, 1.165) is 22.5 Å². The number of hydrogen-bond acceptors (Lipinski definition) is 5.